The number of guanidine groups is 1. The molecule has 1 aliphatic rings. The summed E-state index contributed by atoms with van der Waals surface area (Å²) in [4.78, 5) is 7.25. The number of nitrogens with zero attached hydrogens (tertiary/aromatic N) is 2. The summed E-state index contributed by atoms with van der Waals surface area (Å²) in [6.45, 7) is 15.5. The van der Waals surface area contributed by atoms with E-state index in [9.17, 15) is 0 Å². The van der Waals surface area contributed by atoms with Gasteiger partial charge in [-0.05, 0) is 51.2 Å². The van der Waals surface area contributed by atoms with E-state index < -0.39 is 0 Å². The Morgan fingerprint density at radius 1 is 1.18 bits per heavy atom. The zero-order valence-corrected chi connectivity index (χ0v) is 20.5. The normalized spacial score (nSPS) is 16.2. The molecule has 28 heavy (non-hydrogen) atoms. The quantitative estimate of drug-likeness (QED) is 0.242. The van der Waals surface area contributed by atoms with Crippen molar-refractivity contribution >= 4 is 29.9 Å². The van der Waals surface area contributed by atoms with Gasteiger partial charge in [-0.3, -0.25) is 0 Å². The third-order valence-electron chi connectivity index (χ3n) is 5.10. The summed E-state index contributed by atoms with van der Waals surface area (Å²) in [5.74, 6) is 2.34. The summed E-state index contributed by atoms with van der Waals surface area (Å²) in [5, 5.41) is 6.96. The highest BCUT2D eigenvalue weighted by Gasteiger charge is 2.21. The van der Waals surface area contributed by atoms with E-state index in [1.807, 2.05) is 12.1 Å². The van der Waals surface area contributed by atoms with Crippen molar-refractivity contribution in [3.8, 4) is 5.75 Å². The lowest BCUT2D eigenvalue weighted by Gasteiger charge is -2.35. The lowest BCUT2D eigenvalue weighted by atomic mass is 10.0. The SMILES string of the molecule is CCNC(=NCCOc1ccccc1C(C)C)NC1CCN(C(C)C)CC1.I. The van der Waals surface area contributed by atoms with Crippen molar-refractivity contribution in [3.63, 3.8) is 0 Å². The fraction of sp³-hybridized carbons (Fsp3) is 0.682. The van der Waals surface area contributed by atoms with Crippen molar-refractivity contribution in [1.29, 1.82) is 0 Å². The molecule has 6 heteroatoms. The molecule has 2 N–H and O–H groups in total. The molecule has 0 bridgehead atoms. The van der Waals surface area contributed by atoms with E-state index in [1.54, 1.807) is 0 Å². The van der Waals surface area contributed by atoms with E-state index in [4.69, 9.17) is 9.73 Å². The Bertz CT molecular complexity index is 584. The number of piperidine rings is 1. The number of rotatable bonds is 8. The second-order valence-electron chi connectivity index (χ2n) is 7.85. The number of hydrogen-bond donors (Lipinski definition) is 2. The van der Waals surface area contributed by atoms with Crippen LogP contribution in [0.15, 0.2) is 29.3 Å². The van der Waals surface area contributed by atoms with Crippen LogP contribution in [0.25, 0.3) is 0 Å². The number of halogens is 1. The Hall–Kier alpha value is -1.02. The van der Waals surface area contributed by atoms with Crippen LogP contribution < -0.4 is 15.4 Å². The summed E-state index contributed by atoms with van der Waals surface area (Å²) in [7, 11) is 0. The van der Waals surface area contributed by atoms with E-state index in [2.05, 4.69) is 62.3 Å². The van der Waals surface area contributed by atoms with Gasteiger partial charge in [0, 0.05) is 31.7 Å². The first-order chi connectivity index (χ1) is 13.0. The second kappa shape index (κ2) is 13.2. The zero-order chi connectivity index (χ0) is 19.6. The Morgan fingerprint density at radius 3 is 2.46 bits per heavy atom. The third-order valence-corrected chi connectivity index (χ3v) is 5.10. The molecule has 0 aromatic heterocycles. The molecule has 1 heterocycles. The summed E-state index contributed by atoms with van der Waals surface area (Å²) in [5.41, 5.74) is 1.25. The van der Waals surface area contributed by atoms with Gasteiger partial charge in [-0.25, -0.2) is 4.99 Å². The van der Waals surface area contributed by atoms with Gasteiger partial charge in [0.15, 0.2) is 5.96 Å². The first kappa shape index (κ1) is 25.0. The minimum atomic E-state index is 0. The first-order valence-electron chi connectivity index (χ1n) is 10.5. The van der Waals surface area contributed by atoms with E-state index in [0.717, 1.165) is 31.3 Å². The molecule has 0 saturated carbocycles. The molecule has 0 unspecified atom stereocenters. The smallest absolute Gasteiger partial charge is 0.191 e. The molecule has 1 fully saturated rings. The van der Waals surface area contributed by atoms with Gasteiger partial charge in [0.25, 0.3) is 0 Å². The minimum Gasteiger partial charge on any atom is -0.491 e. The van der Waals surface area contributed by atoms with Crippen LogP contribution >= 0.6 is 24.0 Å². The van der Waals surface area contributed by atoms with Gasteiger partial charge >= 0.3 is 0 Å². The highest BCUT2D eigenvalue weighted by Crippen LogP contribution is 2.25. The van der Waals surface area contributed by atoms with Gasteiger partial charge in [0.2, 0.25) is 0 Å². The van der Waals surface area contributed by atoms with Gasteiger partial charge in [-0.15, -0.1) is 24.0 Å². The average Bonchev–Trinajstić information content (AvgIpc) is 2.66. The van der Waals surface area contributed by atoms with Crippen molar-refractivity contribution in [2.24, 2.45) is 4.99 Å². The zero-order valence-electron chi connectivity index (χ0n) is 18.2. The van der Waals surface area contributed by atoms with Crippen LogP contribution in [0, 0.1) is 0 Å². The molecule has 0 radical (unpaired) electrons. The molecular weight excluding hydrogens is 463 g/mol. The lowest BCUT2D eigenvalue weighted by molar-refractivity contribution is 0.167. The standard InChI is InChI=1S/C22H38N4O.HI/c1-6-23-22(25-19-11-14-26(15-12-19)18(4)5)24-13-16-27-21-10-8-7-9-20(21)17(2)3;/h7-10,17-19H,6,11-16H2,1-5H3,(H2,23,24,25);1H. The fourth-order valence-electron chi connectivity index (χ4n) is 3.48. The maximum absolute atomic E-state index is 5.99. The second-order valence-corrected chi connectivity index (χ2v) is 7.85. The Kier molecular flexibility index (Phi) is 11.8. The highest BCUT2D eigenvalue weighted by atomic mass is 127. The lowest BCUT2D eigenvalue weighted by Crippen LogP contribution is -2.50. The van der Waals surface area contributed by atoms with Crippen LogP contribution in [0.4, 0.5) is 0 Å². The Morgan fingerprint density at radius 2 is 1.86 bits per heavy atom. The number of nitrogens with one attached hydrogen (secondary N) is 2. The van der Waals surface area contributed by atoms with Crippen molar-refractivity contribution in [2.75, 3.05) is 32.8 Å². The van der Waals surface area contributed by atoms with Crippen LogP contribution in [0.1, 0.15) is 58.9 Å². The molecule has 0 atom stereocenters. The van der Waals surface area contributed by atoms with Gasteiger partial charge < -0.3 is 20.3 Å². The van der Waals surface area contributed by atoms with Crippen LogP contribution in [0.2, 0.25) is 0 Å². The maximum Gasteiger partial charge on any atom is 0.191 e. The number of aliphatic imine (C=N–C) groups is 1. The van der Waals surface area contributed by atoms with Gasteiger partial charge in [-0.1, -0.05) is 32.0 Å². The van der Waals surface area contributed by atoms with E-state index in [0.29, 0.717) is 31.2 Å². The minimum absolute atomic E-state index is 0. The van der Waals surface area contributed by atoms with Crippen LogP contribution in [0.3, 0.4) is 0 Å². The van der Waals surface area contributed by atoms with Crippen molar-refractivity contribution in [3.05, 3.63) is 29.8 Å². The molecule has 1 aliphatic heterocycles. The largest absolute Gasteiger partial charge is 0.491 e. The number of ether oxygens (including phenoxy) is 1. The highest BCUT2D eigenvalue weighted by molar-refractivity contribution is 14.0. The number of para-hydroxylation sites is 1. The predicted molar refractivity (Wildman–Crippen MR) is 130 cm³/mol. The molecule has 160 valence electrons. The van der Waals surface area contributed by atoms with Crippen molar-refractivity contribution in [1.82, 2.24) is 15.5 Å². The topological polar surface area (TPSA) is 48.9 Å². The van der Waals surface area contributed by atoms with Crippen LogP contribution in [0.5, 0.6) is 5.75 Å². The van der Waals surface area contributed by atoms with Crippen molar-refractivity contribution < 1.29 is 4.74 Å². The number of likely N-dealkylation sites (tertiary alicyclic amines) is 1. The van der Waals surface area contributed by atoms with E-state index in [1.165, 1.54) is 18.4 Å². The maximum atomic E-state index is 5.99. The molecule has 2 rings (SSSR count). The molecule has 1 saturated heterocycles. The fourth-order valence-corrected chi connectivity index (χ4v) is 3.48. The molecule has 0 amide bonds. The van der Waals surface area contributed by atoms with E-state index in [-0.39, 0.29) is 24.0 Å². The monoisotopic (exact) mass is 502 g/mol. The molecule has 1 aromatic carbocycles. The number of benzene rings is 1. The summed E-state index contributed by atoms with van der Waals surface area (Å²) >= 11 is 0. The molecule has 1 aromatic rings. The van der Waals surface area contributed by atoms with Gasteiger partial charge in [0.1, 0.15) is 12.4 Å². The Balaban J connectivity index is 0.00000392. The van der Waals surface area contributed by atoms with Gasteiger partial charge in [-0.2, -0.15) is 0 Å². The summed E-state index contributed by atoms with van der Waals surface area (Å²) in [6, 6.07) is 9.42. The molecule has 0 spiro atoms. The predicted octanol–water partition coefficient (Wildman–Crippen LogP) is 4.23. The van der Waals surface area contributed by atoms with Crippen LogP contribution in [-0.4, -0.2) is 55.7 Å². The van der Waals surface area contributed by atoms with Crippen LogP contribution in [-0.2, 0) is 0 Å². The Labute approximate surface area is 188 Å². The third kappa shape index (κ3) is 8.15. The average molecular weight is 502 g/mol. The molecule has 0 aliphatic carbocycles. The molecule has 5 nitrogen and oxygen atoms in total. The number of hydrogen-bond acceptors (Lipinski definition) is 3. The van der Waals surface area contributed by atoms with Gasteiger partial charge in [0.05, 0.1) is 6.54 Å². The van der Waals surface area contributed by atoms with E-state index >= 15 is 0 Å². The first-order valence-corrected chi connectivity index (χ1v) is 10.5. The van der Waals surface area contributed by atoms with Crippen molar-refractivity contribution in [2.45, 2.75) is 65.5 Å². The summed E-state index contributed by atoms with van der Waals surface area (Å²) < 4.78 is 5.99. The molecular formula is C22H39IN4O. The summed E-state index contributed by atoms with van der Waals surface area (Å²) in [6.07, 6.45) is 2.34.